The first-order valence-corrected chi connectivity index (χ1v) is 12.7. The minimum Gasteiger partial charge on any atom is -0.496 e. The first-order chi connectivity index (χ1) is 17.4. The predicted octanol–water partition coefficient (Wildman–Crippen LogP) is 2.83. The number of carbonyl (C=O) groups is 1. The number of carbonyl (C=O) groups excluding carboxylic acids is 1. The van der Waals surface area contributed by atoms with Crippen molar-refractivity contribution in [3.05, 3.63) is 49.9 Å². The second-order valence-corrected chi connectivity index (χ2v) is 10.1. The number of nitrogens with zero attached hydrogens (tertiary/aromatic N) is 1. The van der Waals surface area contributed by atoms with Crippen molar-refractivity contribution in [2.45, 2.75) is 45.4 Å². The zero-order valence-corrected chi connectivity index (χ0v) is 21.6. The number of aryl methyl sites for hydroxylation is 1. The van der Waals surface area contributed by atoms with Gasteiger partial charge in [-0.15, -0.1) is 0 Å². The summed E-state index contributed by atoms with van der Waals surface area (Å²) in [6, 6.07) is 3.86. The highest BCUT2D eigenvalue weighted by Gasteiger charge is 2.37. The average Bonchev–Trinajstić information content (AvgIpc) is 2.84. The number of hydrogen-bond acceptors (Lipinski definition) is 7. The van der Waals surface area contributed by atoms with E-state index in [4.69, 9.17) is 30.5 Å². The smallest absolute Gasteiger partial charge is 0.256 e. The molecule has 194 valence electrons. The van der Waals surface area contributed by atoms with Gasteiger partial charge in [0.05, 0.1) is 43.5 Å². The molecule has 0 aliphatic carbocycles. The van der Waals surface area contributed by atoms with Crippen molar-refractivity contribution in [2.75, 3.05) is 40.0 Å². The molecule has 0 bridgehead atoms. The fourth-order valence-electron chi connectivity index (χ4n) is 5.19. The van der Waals surface area contributed by atoms with Gasteiger partial charge in [0.1, 0.15) is 18.5 Å². The van der Waals surface area contributed by atoms with Crippen molar-refractivity contribution >= 4 is 17.5 Å². The molecule has 1 aromatic heterocycles. The number of aromatic nitrogens is 1. The molecular formula is C26H32ClN3O6. The van der Waals surface area contributed by atoms with E-state index in [1.54, 1.807) is 19.1 Å². The van der Waals surface area contributed by atoms with Crippen LogP contribution >= 0.6 is 11.6 Å². The second kappa shape index (κ2) is 10.3. The average molecular weight is 518 g/mol. The number of rotatable bonds is 6. The number of piperidine rings is 1. The van der Waals surface area contributed by atoms with E-state index >= 15 is 0 Å². The molecule has 1 atom stereocenters. The molecule has 2 N–H and O–H groups in total. The minimum atomic E-state index is -0.360. The van der Waals surface area contributed by atoms with E-state index in [9.17, 15) is 9.59 Å². The van der Waals surface area contributed by atoms with E-state index in [1.807, 2.05) is 6.92 Å². The van der Waals surface area contributed by atoms with Gasteiger partial charge >= 0.3 is 0 Å². The summed E-state index contributed by atoms with van der Waals surface area (Å²) >= 11 is 6.50. The minimum absolute atomic E-state index is 0.0103. The number of fused-ring (bicyclic) bond motifs is 1. The summed E-state index contributed by atoms with van der Waals surface area (Å²) in [6.45, 7) is 7.75. The second-order valence-electron chi connectivity index (χ2n) is 9.73. The van der Waals surface area contributed by atoms with Gasteiger partial charge in [0, 0.05) is 22.7 Å². The number of benzene rings is 1. The Morgan fingerprint density at radius 1 is 1.19 bits per heavy atom. The molecule has 1 unspecified atom stereocenters. The van der Waals surface area contributed by atoms with Crippen LogP contribution in [0.25, 0.3) is 0 Å². The Kier molecular flexibility index (Phi) is 7.14. The van der Waals surface area contributed by atoms with Crippen molar-refractivity contribution < 1.29 is 23.7 Å². The highest BCUT2D eigenvalue weighted by molar-refractivity contribution is 6.32. The zero-order chi connectivity index (χ0) is 25.4. The number of ether oxygens (including phenoxy) is 4. The van der Waals surface area contributed by atoms with Gasteiger partial charge in [0.2, 0.25) is 0 Å². The van der Waals surface area contributed by atoms with Crippen molar-refractivity contribution in [1.82, 2.24) is 15.2 Å². The van der Waals surface area contributed by atoms with E-state index in [0.717, 1.165) is 39.1 Å². The van der Waals surface area contributed by atoms with Crippen LogP contribution in [0.3, 0.4) is 0 Å². The van der Waals surface area contributed by atoms with Crippen molar-refractivity contribution in [3.8, 4) is 17.2 Å². The first kappa shape index (κ1) is 24.9. The molecule has 5 rings (SSSR count). The van der Waals surface area contributed by atoms with Crippen LogP contribution in [0, 0.1) is 19.8 Å². The Hall–Kier alpha value is -2.75. The van der Waals surface area contributed by atoms with Crippen LogP contribution in [-0.4, -0.2) is 68.0 Å². The number of amides is 1. The molecule has 9 nitrogen and oxygen atoms in total. The molecule has 2 aromatic rings. The van der Waals surface area contributed by atoms with Crippen LogP contribution in [0.15, 0.2) is 16.9 Å². The maximum Gasteiger partial charge on any atom is 0.256 e. The molecule has 4 heterocycles. The van der Waals surface area contributed by atoms with E-state index in [1.165, 1.54) is 7.11 Å². The summed E-state index contributed by atoms with van der Waals surface area (Å²) in [4.78, 5) is 30.8. The highest BCUT2D eigenvalue weighted by Crippen LogP contribution is 2.44. The third-order valence-electron chi connectivity index (χ3n) is 7.46. The Bertz CT molecular complexity index is 1200. The number of methoxy groups -OCH3 is 1. The molecule has 0 radical (unpaired) electrons. The Labute approximate surface area is 215 Å². The van der Waals surface area contributed by atoms with Crippen LogP contribution in [0.4, 0.5) is 0 Å². The summed E-state index contributed by atoms with van der Waals surface area (Å²) < 4.78 is 23.1. The van der Waals surface area contributed by atoms with Gasteiger partial charge in [-0.05, 0) is 51.9 Å². The largest absolute Gasteiger partial charge is 0.496 e. The summed E-state index contributed by atoms with van der Waals surface area (Å²) in [5.41, 5.74) is 1.76. The quantitative estimate of drug-likeness (QED) is 0.607. The van der Waals surface area contributed by atoms with Gasteiger partial charge in [0.25, 0.3) is 11.5 Å². The van der Waals surface area contributed by atoms with Crippen LogP contribution < -0.4 is 25.1 Å². The van der Waals surface area contributed by atoms with Crippen LogP contribution in [0.2, 0.25) is 5.02 Å². The van der Waals surface area contributed by atoms with Gasteiger partial charge in [-0.3, -0.25) is 14.5 Å². The van der Waals surface area contributed by atoms with Crippen LogP contribution in [0.5, 0.6) is 17.2 Å². The molecule has 1 aromatic carbocycles. The SMILES string of the molecule is COc1cc(C)[nH]c(=O)c1CNC(=O)c1cc(Cl)c2c(c1C)OC(C1CCN(C3COC3)CC1)CO2. The normalized spacial score (nSPS) is 20.6. The maximum atomic E-state index is 13.1. The topological polar surface area (TPSA) is 102 Å². The zero-order valence-electron chi connectivity index (χ0n) is 20.8. The first-order valence-electron chi connectivity index (χ1n) is 12.3. The van der Waals surface area contributed by atoms with Crippen molar-refractivity contribution in [2.24, 2.45) is 5.92 Å². The lowest BCUT2D eigenvalue weighted by Crippen LogP contribution is -2.53. The lowest BCUT2D eigenvalue weighted by molar-refractivity contribution is -0.0807. The Balaban J connectivity index is 1.29. The van der Waals surface area contributed by atoms with E-state index in [-0.39, 0.29) is 24.1 Å². The van der Waals surface area contributed by atoms with Gasteiger partial charge in [0.15, 0.2) is 11.5 Å². The third-order valence-corrected chi connectivity index (χ3v) is 7.74. The van der Waals surface area contributed by atoms with Crippen molar-refractivity contribution in [3.63, 3.8) is 0 Å². The van der Waals surface area contributed by atoms with Crippen LogP contribution in [-0.2, 0) is 11.3 Å². The fourth-order valence-corrected chi connectivity index (χ4v) is 5.44. The standard InChI is InChI=1S/C26H32ClN3O6/c1-14-8-21(33-3)19(26(32)29-14)10-28-25(31)18-9-20(27)24-23(15(18)2)36-22(13-35-24)16-4-6-30(7-5-16)17-11-34-12-17/h8-9,16-17,22H,4-7,10-13H2,1-3H3,(H,28,31)(H,29,32). The number of hydrogen-bond donors (Lipinski definition) is 2. The van der Waals surface area contributed by atoms with E-state index in [0.29, 0.717) is 63.2 Å². The van der Waals surface area contributed by atoms with Gasteiger partial charge in [-0.2, -0.15) is 0 Å². The summed E-state index contributed by atoms with van der Waals surface area (Å²) in [5.74, 6) is 1.42. The fraction of sp³-hybridized carbons (Fsp3) is 0.538. The molecular weight excluding hydrogens is 486 g/mol. The summed E-state index contributed by atoms with van der Waals surface area (Å²) in [5, 5.41) is 3.14. The molecule has 3 aliphatic rings. The molecule has 10 heteroatoms. The lowest BCUT2D eigenvalue weighted by Gasteiger charge is -2.43. The summed E-state index contributed by atoms with van der Waals surface area (Å²) in [7, 11) is 1.49. The number of halogens is 1. The number of H-pyrrole nitrogens is 1. The Morgan fingerprint density at radius 3 is 2.61 bits per heavy atom. The lowest BCUT2D eigenvalue weighted by atomic mass is 9.90. The van der Waals surface area contributed by atoms with E-state index < -0.39 is 0 Å². The van der Waals surface area contributed by atoms with Crippen molar-refractivity contribution in [1.29, 1.82) is 0 Å². The van der Waals surface area contributed by atoms with Gasteiger partial charge < -0.3 is 29.2 Å². The Morgan fingerprint density at radius 2 is 1.94 bits per heavy atom. The summed E-state index contributed by atoms with van der Waals surface area (Å²) in [6.07, 6.45) is 1.96. The third kappa shape index (κ3) is 4.79. The monoisotopic (exact) mass is 517 g/mol. The molecule has 0 saturated carbocycles. The molecule has 36 heavy (non-hydrogen) atoms. The molecule has 2 saturated heterocycles. The number of aromatic amines is 1. The predicted molar refractivity (Wildman–Crippen MR) is 135 cm³/mol. The molecule has 1 amide bonds. The molecule has 0 spiro atoms. The number of likely N-dealkylation sites (tertiary alicyclic amines) is 1. The van der Waals surface area contributed by atoms with Crippen LogP contribution in [0.1, 0.15) is 40.0 Å². The molecule has 3 aliphatic heterocycles. The van der Waals surface area contributed by atoms with E-state index in [2.05, 4.69) is 15.2 Å². The molecule has 2 fully saturated rings. The van der Waals surface area contributed by atoms with Gasteiger partial charge in [-0.25, -0.2) is 0 Å². The number of nitrogens with one attached hydrogen (secondary N) is 2. The van der Waals surface area contributed by atoms with Gasteiger partial charge in [-0.1, -0.05) is 11.6 Å². The number of pyridine rings is 1. The highest BCUT2D eigenvalue weighted by atomic mass is 35.5. The maximum absolute atomic E-state index is 13.1.